The average molecular weight is 333 g/mol. The van der Waals surface area contributed by atoms with Gasteiger partial charge in [0.1, 0.15) is 18.0 Å². The first-order valence-corrected chi connectivity index (χ1v) is 7.02. The van der Waals surface area contributed by atoms with Crippen molar-refractivity contribution in [3.63, 3.8) is 0 Å². The van der Waals surface area contributed by atoms with Gasteiger partial charge in [-0.25, -0.2) is 4.39 Å². The van der Waals surface area contributed by atoms with Crippen LogP contribution in [0.2, 0.25) is 0 Å². The van der Waals surface area contributed by atoms with E-state index >= 15 is 0 Å². The van der Waals surface area contributed by atoms with Crippen molar-refractivity contribution < 1.29 is 22.1 Å². The molecule has 0 aliphatic rings. The van der Waals surface area contributed by atoms with Crippen molar-refractivity contribution in [3.8, 4) is 5.69 Å². The summed E-state index contributed by atoms with van der Waals surface area (Å²) in [4.78, 5) is 12.6. The molecular weight excluding hydrogens is 324 g/mol. The monoisotopic (exact) mass is 333 g/mol. The third kappa shape index (κ3) is 1.97. The van der Waals surface area contributed by atoms with Crippen LogP contribution in [0.3, 0.4) is 0 Å². The highest BCUT2D eigenvalue weighted by Gasteiger charge is 2.38. The summed E-state index contributed by atoms with van der Waals surface area (Å²) in [6, 6.07) is 9.47. The normalized spacial score (nSPS) is 12.3. The van der Waals surface area contributed by atoms with Crippen molar-refractivity contribution in [2.75, 3.05) is 0 Å². The van der Waals surface area contributed by atoms with E-state index in [1.165, 1.54) is 16.8 Å². The van der Waals surface area contributed by atoms with Crippen LogP contribution >= 0.6 is 0 Å². The lowest BCUT2D eigenvalue weighted by Crippen LogP contribution is -2.52. The molecule has 0 saturated carbocycles. The summed E-state index contributed by atoms with van der Waals surface area (Å²) in [6.45, 7) is 0. The molecule has 0 fully saturated rings. The number of hydrogen-bond acceptors (Lipinski definition) is 1. The second kappa shape index (κ2) is 4.77. The van der Waals surface area contributed by atoms with Gasteiger partial charge in [0.25, 0.3) is 0 Å². The van der Waals surface area contributed by atoms with E-state index in [4.69, 9.17) is 0 Å². The van der Waals surface area contributed by atoms with E-state index in [-0.39, 0.29) is 0 Å². The van der Waals surface area contributed by atoms with Gasteiger partial charge < -0.3 is 0 Å². The fraction of sp³-hybridized carbons (Fsp3) is 0.0588. The molecule has 3 nitrogen and oxygen atoms in total. The van der Waals surface area contributed by atoms with Crippen LogP contribution in [0.25, 0.3) is 22.0 Å². The Morgan fingerprint density at radius 3 is 2.42 bits per heavy atom. The van der Waals surface area contributed by atoms with Crippen LogP contribution in [0.5, 0.6) is 0 Å². The molecule has 0 N–H and O–H groups in total. The number of halogens is 4. The molecule has 24 heavy (non-hydrogen) atoms. The van der Waals surface area contributed by atoms with E-state index in [1.807, 2.05) is 0 Å². The number of aromatic nitrogens is 2. The summed E-state index contributed by atoms with van der Waals surface area (Å²) < 4.78 is 55.9. The predicted octanol–water partition coefficient (Wildman–Crippen LogP) is 3.33. The van der Waals surface area contributed by atoms with E-state index in [1.54, 1.807) is 24.3 Å². The smallest absolute Gasteiger partial charge is 0.202 e. The van der Waals surface area contributed by atoms with Crippen LogP contribution < -0.4 is 10.3 Å². The maximum Gasteiger partial charge on any atom is 0.508 e. The molecule has 0 aliphatic heterocycles. The van der Waals surface area contributed by atoms with Crippen molar-refractivity contribution >= 4 is 16.3 Å². The topological polar surface area (TPSA) is 25.4 Å². The standard InChI is InChI=1S/C17H9F4N2O/c18-13-6-2-5-12(17(19,20)21)15(13)23-9-11-4-1-3-10-7-8-22(14(10)11)16(23)24/h1-9H/q+1. The minimum atomic E-state index is -4.78. The number of nitrogens with zero attached hydrogens (tertiary/aromatic N) is 2. The van der Waals surface area contributed by atoms with Crippen molar-refractivity contribution in [2.45, 2.75) is 6.18 Å². The van der Waals surface area contributed by atoms with Crippen LogP contribution in [-0.4, -0.2) is 4.40 Å². The zero-order valence-corrected chi connectivity index (χ0v) is 12.0. The number of hydrogen-bond donors (Lipinski definition) is 0. The second-order valence-electron chi connectivity index (χ2n) is 5.39. The lowest BCUT2D eigenvalue weighted by Gasteiger charge is -2.11. The molecule has 7 heteroatoms. The highest BCUT2D eigenvalue weighted by Crippen LogP contribution is 2.33. The number of para-hydroxylation sites is 2. The molecule has 0 aliphatic carbocycles. The van der Waals surface area contributed by atoms with Gasteiger partial charge in [-0.05, 0) is 24.3 Å². The van der Waals surface area contributed by atoms with Crippen LogP contribution in [0.4, 0.5) is 17.6 Å². The molecule has 120 valence electrons. The Labute approximate surface area is 132 Å². The van der Waals surface area contributed by atoms with Crippen LogP contribution in [-0.2, 0) is 6.18 Å². The van der Waals surface area contributed by atoms with Gasteiger partial charge in [0.05, 0.1) is 5.39 Å². The molecule has 2 aromatic heterocycles. The highest BCUT2D eigenvalue weighted by atomic mass is 19.4. The Bertz CT molecular complexity index is 1130. The summed E-state index contributed by atoms with van der Waals surface area (Å²) in [5.74, 6) is -1.11. The van der Waals surface area contributed by atoms with Gasteiger partial charge in [0.2, 0.25) is 0 Å². The maximum atomic E-state index is 14.2. The Morgan fingerprint density at radius 2 is 1.67 bits per heavy atom. The number of rotatable bonds is 1. The number of alkyl halides is 3. The van der Waals surface area contributed by atoms with Crippen LogP contribution in [0.1, 0.15) is 5.56 Å². The molecule has 0 amide bonds. The van der Waals surface area contributed by atoms with Gasteiger partial charge >= 0.3 is 11.9 Å². The SMILES string of the molecule is O=c1n2ccc3cccc(c[n+]1-c1c(F)cccc1C(F)(F)F)c32. The lowest BCUT2D eigenvalue weighted by atomic mass is 10.1. The van der Waals surface area contributed by atoms with Crippen molar-refractivity contribution in [1.29, 1.82) is 0 Å². The largest absolute Gasteiger partial charge is 0.508 e. The molecule has 2 heterocycles. The van der Waals surface area contributed by atoms with E-state index in [9.17, 15) is 22.4 Å². The van der Waals surface area contributed by atoms with E-state index < -0.39 is 28.9 Å². The average Bonchev–Trinajstić information content (AvgIpc) is 2.96. The van der Waals surface area contributed by atoms with E-state index in [0.29, 0.717) is 15.5 Å². The summed E-state index contributed by atoms with van der Waals surface area (Å²) in [6.07, 6.45) is -2.09. The first-order chi connectivity index (χ1) is 11.4. The second-order valence-corrected chi connectivity index (χ2v) is 5.39. The van der Waals surface area contributed by atoms with Gasteiger partial charge in [0.15, 0.2) is 17.0 Å². The first-order valence-electron chi connectivity index (χ1n) is 7.02. The van der Waals surface area contributed by atoms with Crippen LogP contribution in [0, 0.1) is 5.82 Å². The zero-order valence-electron chi connectivity index (χ0n) is 12.0. The molecule has 0 spiro atoms. The van der Waals surface area contributed by atoms with Gasteiger partial charge in [-0.2, -0.15) is 26.9 Å². The fourth-order valence-corrected chi connectivity index (χ4v) is 2.95. The molecule has 4 aromatic rings. The lowest BCUT2D eigenvalue weighted by molar-refractivity contribution is -0.617. The predicted molar refractivity (Wildman–Crippen MR) is 78.9 cm³/mol. The van der Waals surface area contributed by atoms with E-state index in [0.717, 1.165) is 23.6 Å². The Kier molecular flexibility index (Phi) is 2.90. The molecule has 0 bridgehead atoms. The Morgan fingerprint density at radius 1 is 0.958 bits per heavy atom. The first kappa shape index (κ1) is 14.6. The quantitative estimate of drug-likeness (QED) is 0.387. The van der Waals surface area contributed by atoms with Gasteiger partial charge in [-0.3, -0.25) is 0 Å². The molecule has 0 radical (unpaired) electrons. The molecule has 0 saturated heterocycles. The minimum Gasteiger partial charge on any atom is -0.202 e. The molecular formula is C17H9F4N2O+. The van der Waals surface area contributed by atoms with Crippen molar-refractivity contribution in [2.24, 2.45) is 0 Å². The van der Waals surface area contributed by atoms with Crippen molar-refractivity contribution in [3.05, 3.63) is 76.7 Å². The highest BCUT2D eigenvalue weighted by molar-refractivity contribution is 5.95. The third-order valence-corrected chi connectivity index (χ3v) is 3.96. The Balaban J connectivity index is 2.16. The molecule has 4 rings (SSSR count). The van der Waals surface area contributed by atoms with Gasteiger partial charge in [-0.15, -0.1) is 0 Å². The summed E-state index contributed by atoms with van der Waals surface area (Å²) in [5.41, 5.74) is -2.18. The minimum absolute atomic E-state index is 0.536. The number of benzene rings is 2. The molecule has 0 atom stereocenters. The third-order valence-electron chi connectivity index (χ3n) is 3.96. The summed E-state index contributed by atoms with van der Waals surface area (Å²) in [5, 5.41) is 1.31. The Hall–Kier alpha value is -2.96. The maximum absolute atomic E-state index is 14.2. The van der Waals surface area contributed by atoms with Gasteiger partial charge in [-0.1, -0.05) is 18.2 Å². The van der Waals surface area contributed by atoms with E-state index in [2.05, 4.69) is 0 Å². The van der Waals surface area contributed by atoms with Crippen molar-refractivity contribution in [1.82, 2.24) is 4.40 Å². The van der Waals surface area contributed by atoms with Gasteiger partial charge in [0, 0.05) is 5.39 Å². The summed E-state index contributed by atoms with van der Waals surface area (Å²) in [7, 11) is 0. The molecule has 2 aromatic carbocycles. The molecule has 0 unspecified atom stereocenters. The zero-order chi connectivity index (χ0) is 17.1. The van der Waals surface area contributed by atoms with Crippen LogP contribution in [0.15, 0.2) is 59.7 Å². The fourth-order valence-electron chi connectivity index (χ4n) is 2.95. The summed E-state index contributed by atoms with van der Waals surface area (Å²) >= 11 is 0.